The monoisotopic (exact) mass is 281 g/mol. The molecule has 0 bridgehead atoms. The van der Waals surface area contributed by atoms with Gasteiger partial charge in [-0.1, -0.05) is 0 Å². The van der Waals surface area contributed by atoms with Gasteiger partial charge in [-0.3, -0.25) is 9.59 Å². The zero-order valence-electron chi connectivity index (χ0n) is 12.5. The summed E-state index contributed by atoms with van der Waals surface area (Å²) in [5.74, 6) is 0.340. The van der Waals surface area contributed by atoms with E-state index in [0.29, 0.717) is 19.0 Å². The Hall–Kier alpha value is -1.10. The summed E-state index contributed by atoms with van der Waals surface area (Å²) in [5.41, 5.74) is 0. The lowest BCUT2D eigenvalue weighted by molar-refractivity contribution is -0.132. The SMILES string of the molecule is CC1CCC(C(=O)NCCC(=O)N2CCCCC2)CN1. The van der Waals surface area contributed by atoms with Crippen LogP contribution in [-0.4, -0.2) is 48.9 Å². The van der Waals surface area contributed by atoms with Crippen LogP contribution in [0.4, 0.5) is 0 Å². The van der Waals surface area contributed by atoms with Crippen molar-refractivity contribution < 1.29 is 9.59 Å². The third kappa shape index (κ3) is 4.47. The minimum absolute atomic E-state index is 0.0660. The lowest BCUT2D eigenvalue weighted by Crippen LogP contribution is -2.45. The van der Waals surface area contributed by atoms with Crippen LogP contribution in [0.5, 0.6) is 0 Å². The van der Waals surface area contributed by atoms with Crippen LogP contribution in [0.2, 0.25) is 0 Å². The van der Waals surface area contributed by atoms with Crippen molar-refractivity contribution in [1.82, 2.24) is 15.5 Å². The van der Waals surface area contributed by atoms with Crippen LogP contribution in [0.15, 0.2) is 0 Å². The summed E-state index contributed by atoms with van der Waals surface area (Å²) in [6.07, 6.45) is 5.88. The molecule has 5 heteroatoms. The fourth-order valence-corrected chi connectivity index (χ4v) is 2.96. The van der Waals surface area contributed by atoms with Gasteiger partial charge in [0.2, 0.25) is 11.8 Å². The zero-order valence-corrected chi connectivity index (χ0v) is 12.5. The molecular formula is C15H27N3O2. The Balaban J connectivity index is 1.62. The summed E-state index contributed by atoms with van der Waals surface area (Å²) < 4.78 is 0. The van der Waals surface area contributed by atoms with E-state index in [2.05, 4.69) is 17.6 Å². The van der Waals surface area contributed by atoms with E-state index in [-0.39, 0.29) is 17.7 Å². The van der Waals surface area contributed by atoms with E-state index in [1.807, 2.05) is 4.90 Å². The molecular weight excluding hydrogens is 254 g/mol. The normalized spacial score (nSPS) is 27.1. The van der Waals surface area contributed by atoms with E-state index in [0.717, 1.165) is 45.3 Å². The summed E-state index contributed by atoms with van der Waals surface area (Å²) in [5, 5.41) is 6.24. The van der Waals surface area contributed by atoms with Gasteiger partial charge in [0.05, 0.1) is 5.92 Å². The molecule has 0 aromatic heterocycles. The van der Waals surface area contributed by atoms with Crippen molar-refractivity contribution in [2.24, 2.45) is 5.92 Å². The van der Waals surface area contributed by atoms with E-state index in [4.69, 9.17) is 0 Å². The topological polar surface area (TPSA) is 61.4 Å². The van der Waals surface area contributed by atoms with Gasteiger partial charge in [0.25, 0.3) is 0 Å². The van der Waals surface area contributed by atoms with Gasteiger partial charge in [-0.2, -0.15) is 0 Å². The average Bonchev–Trinajstić information content (AvgIpc) is 2.48. The Labute approximate surface area is 121 Å². The molecule has 0 spiro atoms. The van der Waals surface area contributed by atoms with Crippen molar-refractivity contribution in [3.63, 3.8) is 0 Å². The van der Waals surface area contributed by atoms with E-state index in [1.54, 1.807) is 0 Å². The van der Waals surface area contributed by atoms with Crippen LogP contribution >= 0.6 is 0 Å². The summed E-state index contributed by atoms with van der Waals surface area (Å²) in [6.45, 7) is 5.15. The number of carbonyl (C=O) groups is 2. The minimum Gasteiger partial charge on any atom is -0.355 e. The van der Waals surface area contributed by atoms with Gasteiger partial charge in [0.1, 0.15) is 0 Å². The van der Waals surface area contributed by atoms with Crippen LogP contribution in [0.25, 0.3) is 0 Å². The van der Waals surface area contributed by atoms with Gasteiger partial charge in [-0.15, -0.1) is 0 Å². The highest BCUT2D eigenvalue weighted by molar-refractivity contribution is 5.80. The highest BCUT2D eigenvalue weighted by Crippen LogP contribution is 2.14. The van der Waals surface area contributed by atoms with Crippen molar-refractivity contribution >= 4 is 11.8 Å². The van der Waals surface area contributed by atoms with Gasteiger partial charge in [0.15, 0.2) is 0 Å². The first kappa shape index (κ1) is 15.3. The summed E-state index contributed by atoms with van der Waals surface area (Å²) in [4.78, 5) is 25.9. The second-order valence-corrected chi connectivity index (χ2v) is 6.07. The fourth-order valence-electron chi connectivity index (χ4n) is 2.96. The lowest BCUT2D eigenvalue weighted by atomic mass is 9.95. The van der Waals surface area contributed by atoms with Crippen LogP contribution in [0, 0.1) is 5.92 Å². The van der Waals surface area contributed by atoms with Crippen molar-refractivity contribution in [3.05, 3.63) is 0 Å². The second-order valence-electron chi connectivity index (χ2n) is 6.07. The molecule has 2 N–H and O–H groups in total. The number of nitrogens with zero attached hydrogens (tertiary/aromatic N) is 1. The summed E-state index contributed by atoms with van der Waals surface area (Å²) in [7, 11) is 0. The molecule has 0 aromatic rings. The summed E-state index contributed by atoms with van der Waals surface area (Å²) in [6, 6.07) is 0.514. The smallest absolute Gasteiger partial charge is 0.224 e. The molecule has 0 radical (unpaired) electrons. The Bertz CT molecular complexity index is 332. The molecule has 20 heavy (non-hydrogen) atoms. The fraction of sp³-hybridized carbons (Fsp3) is 0.867. The molecule has 0 aliphatic carbocycles. The molecule has 2 unspecified atom stereocenters. The highest BCUT2D eigenvalue weighted by atomic mass is 16.2. The molecule has 5 nitrogen and oxygen atoms in total. The third-order valence-electron chi connectivity index (χ3n) is 4.38. The molecule has 2 amide bonds. The molecule has 2 saturated heterocycles. The standard InChI is InChI=1S/C15H27N3O2/c1-12-5-6-13(11-17-12)15(20)16-8-7-14(19)18-9-3-2-4-10-18/h12-13,17H,2-11H2,1H3,(H,16,20). The first-order valence-electron chi connectivity index (χ1n) is 7.95. The van der Waals surface area contributed by atoms with Crippen LogP contribution in [0.1, 0.15) is 45.4 Å². The maximum atomic E-state index is 12.0. The lowest BCUT2D eigenvalue weighted by Gasteiger charge is -2.28. The number of likely N-dealkylation sites (tertiary alicyclic amines) is 1. The van der Waals surface area contributed by atoms with Gasteiger partial charge in [0, 0.05) is 38.6 Å². The molecule has 2 fully saturated rings. The van der Waals surface area contributed by atoms with Gasteiger partial charge in [-0.05, 0) is 39.0 Å². The number of nitrogens with one attached hydrogen (secondary N) is 2. The number of hydrogen-bond donors (Lipinski definition) is 2. The van der Waals surface area contributed by atoms with Crippen LogP contribution < -0.4 is 10.6 Å². The average molecular weight is 281 g/mol. The Morgan fingerprint density at radius 2 is 1.95 bits per heavy atom. The van der Waals surface area contributed by atoms with Crippen molar-refractivity contribution in [2.45, 2.75) is 51.5 Å². The van der Waals surface area contributed by atoms with E-state index < -0.39 is 0 Å². The largest absolute Gasteiger partial charge is 0.355 e. The Kier molecular flexibility index (Phi) is 5.83. The van der Waals surface area contributed by atoms with Gasteiger partial charge < -0.3 is 15.5 Å². The van der Waals surface area contributed by atoms with Crippen molar-refractivity contribution in [1.29, 1.82) is 0 Å². The molecule has 2 aliphatic rings. The van der Waals surface area contributed by atoms with E-state index in [1.165, 1.54) is 6.42 Å². The van der Waals surface area contributed by atoms with Crippen molar-refractivity contribution in [3.8, 4) is 0 Å². The first-order chi connectivity index (χ1) is 9.66. The Morgan fingerprint density at radius 3 is 2.60 bits per heavy atom. The maximum Gasteiger partial charge on any atom is 0.224 e. The number of hydrogen-bond acceptors (Lipinski definition) is 3. The zero-order chi connectivity index (χ0) is 14.4. The third-order valence-corrected chi connectivity index (χ3v) is 4.38. The number of rotatable bonds is 4. The van der Waals surface area contributed by atoms with Gasteiger partial charge in [-0.25, -0.2) is 0 Å². The van der Waals surface area contributed by atoms with Gasteiger partial charge >= 0.3 is 0 Å². The van der Waals surface area contributed by atoms with Crippen LogP contribution in [0.3, 0.4) is 0 Å². The molecule has 2 atom stereocenters. The summed E-state index contributed by atoms with van der Waals surface area (Å²) >= 11 is 0. The Morgan fingerprint density at radius 1 is 1.20 bits per heavy atom. The molecule has 2 aliphatic heterocycles. The molecule has 0 saturated carbocycles. The first-order valence-corrected chi connectivity index (χ1v) is 7.95. The maximum absolute atomic E-state index is 12.0. The minimum atomic E-state index is 0.0660. The van der Waals surface area contributed by atoms with E-state index in [9.17, 15) is 9.59 Å². The molecule has 114 valence electrons. The quantitative estimate of drug-likeness (QED) is 0.804. The molecule has 2 rings (SSSR count). The molecule has 0 aromatic carbocycles. The number of carbonyl (C=O) groups excluding carboxylic acids is 2. The van der Waals surface area contributed by atoms with Crippen LogP contribution in [-0.2, 0) is 9.59 Å². The number of piperidine rings is 2. The molecule has 2 heterocycles. The van der Waals surface area contributed by atoms with Crippen molar-refractivity contribution in [2.75, 3.05) is 26.2 Å². The van der Waals surface area contributed by atoms with E-state index >= 15 is 0 Å². The predicted octanol–water partition coefficient (Wildman–Crippen LogP) is 0.893. The second kappa shape index (κ2) is 7.62. The number of amides is 2. The predicted molar refractivity (Wildman–Crippen MR) is 78.2 cm³/mol. The highest BCUT2D eigenvalue weighted by Gasteiger charge is 2.24.